The molecule has 0 aliphatic carbocycles. The highest BCUT2D eigenvalue weighted by Gasteiger charge is 2.39. The fraction of sp³-hybridized carbons (Fsp3) is 0.533. The smallest absolute Gasteiger partial charge is 0.336 e. The number of carboxylic acids is 1. The Morgan fingerprint density at radius 1 is 1.37 bits per heavy atom. The van der Waals surface area contributed by atoms with Crippen molar-refractivity contribution in [3.63, 3.8) is 0 Å². The van der Waals surface area contributed by atoms with E-state index >= 15 is 0 Å². The zero-order valence-electron chi connectivity index (χ0n) is 11.2. The Labute approximate surface area is 113 Å². The quantitative estimate of drug-likeness (QED) is 0.895. The molecule has 0 saturated carbocycles. The van der Waals surface area contributed by atoms with Gasteiger partial charge in [0.15, 0.2) is 0 Å². The normalized spacial score (nSPS) is 27.6. The van der Waals surface area contributed by atoms with Gasteiger partial charge in [-0.1, -0.05) is 18.2 Å². The summed E-state index contributed by atoms with van der Waals surface area (Å²) in [6, 6.07) is 8.00. The van der Waals surface area contributed by atoms with E-state index < -0.39 is 5.97 Å². The van der Waals surface area contributed by atoms with E-state index in [4.69, 9.17) is 0 Å². The third-order valence-corrected chi connectivity index (χ3v) is 4.54. The SMILES string of the molecule is CN1CC[C@@H]2CN(Cc3ccccc3C(=O)O)C[C@@H]21. The number of benzene rings is 1. The largest absolute Gasteiger partial charge is 0.478 e. The van der Waals surface area contributed by atoms with E-state index in [9.17, 15) is 9.90 Å². The highest BCUT2D eigenvalue weighted by atomic mass is 16.4. The van der Waals surface area contributed by atoms with Gasteiger partial charge in [0.25, 0.3) is 0 Å². The Bertz CT molecular complexity index is 489. The minimum absolute atomic E-state index is 0.438. The molecule has 19 heavy (non-hydrogen) atoms. The highest BCUT2D eigenvalue weighted by Crippen LogP contribution is 2.31. The number of hydrogen-bond donors (Lipinski definition) is 1. The summed E-state index contributed by atoms with van der Waals surface area (Å²) in [7, 11) is 2.19. The zero-order valence-corrected chi connectivity index (χ0v) is 11.2. The zero-order chi connectivity index (χ0) is 13.4. The van der Waals surface area contributed by atoms with Crippen LogP contribution in [0.5, 0.6) is 0 Å². The first-order valence-corrected chi connectivity index (χ1v) is 6.89. The molecule has 0 bridgehead atoms. The summed E-state index contributed by atoms with van der Waals surface area (Å²) in [5, 5.41) is 9.22. The van der Waals surface area contributed by atoms with E-state index in [0.29, 0.717) is 11.6 Å². The van der Waals surface area contributed by atoms with Crippen molar-refractivity contribution in [2.75, 3.05) is 26.7 Å². The number of likely N-dealkylation sites (N-methyl/N-ethyl adjacent to an activating group) is 1. The van der Waals surface area contributed by atoms with Gasteiger partial charge in [0.05, 0.1) is 5.56 Å². The first-order chi connectivity index (χ1) is 9.15. The van der Waals surface area contributed by atoms with Crippen LogP contribution in [-0.4, -0.2) is 53.6 Å². The average Bonchev–Trinajstić information content (AvgIpc) is 2.92. The summed E-state index contributed by atoms with van der Waals surface area (Å²) in [5.41, 5.74) is 1.37. The van der Waals surface area contributed by atoms with Gasteiger partial charge in [0.1, 0.15) is 0 Å². The molecule has 2 saturated heterocycles. The molecule has 2 aliphatic rings. The Morgan fingerprint density at radius 3 is 2.89 bits per heavy atom. The molecule has 3 rings (SSSR count). The lowest BCUT2D eigenvalue weighted by Crippen LogP contribution is -2.32. The van der Waals surface area contributed by atoms with Crippen LogP contribution in [0.4, 0.5) is 0 Å². The third-order valence-electron chi connectivity index (χ3n) is 4.54. The maximum atomic E-state index is 11.2. The fourth-order valence-corrected chi connectivity index (χ4v) is 3.50. The van der Waals surface area contributed by atoms with E-state index in [2.05, 4.69) is 16.8 Å². The molecule has 0 unspecified atom stereocenters. The second kappa shape index (κ2) is 4.94. The Morgan fingerprint density at radius 2 is 2.16 bits per heavy atom. The summed E-state index contributed by atoms with van der Waals surface area (Å²) >= 11 is 0. The molecule has 2 atom stereocenters. The molecule has 102 valence electrons. The minimum atomic E-state index is -0.827. The van der Waals surface area contributed by atoms with Crippen molar-refractivity contribution in [3.8, 4) is 0 Å². The van der Waals surface area contributed by atoms with Gasteiger partial charge < -0.3 is 10.0 Å². The Balaban J connectivity index is 1.72. The monoisotopic (exact) mass is 260 g/mol. The summed E-state index contributed by atoms with van der Waals surface area (Å²) in [6.07, 6.45) is 1.28. The molecule has 2 aliphatic heterocycles. The van der Waals surface area contributed by atoms with Crippen molar-refractivity contribution in [2.24, 2.45) is 5.92 Å². The lowest BCUT2D eigenvalue weighted by Gasteiger charge is -2.21. The van der Waals surface area contributed by atoms with Gasteiger partial charge in [-0.25, -0.2) is 4.79 Å². The van der Waals surface area contributed by atoms with Crippen LogP contribution in [0.25, 0.3) is 0 Å². The van der Waals surface area contributed by atoms with Crippen LogP contribution in [0.3, 0.4) is 0 Å². The standard InChI is InChI=1S/C15H20N2O2/c1-16-7-6-12-9-17(10-14(12)16)8-11-4-2-3-5-13(11)15(18)19/h2-5,12,14H,6-10H2,1H3,(H,18,19)/t12-,14+/m1/s1. The highest BCUT2D eigenvalue weighted by molar-refractivity contribution is 5.89. The molecule has 0 radical (unpaired) electrons. The Kier molecular flexibility index (Phi) is 3.29. The molecule has 1 N–H and O–H groups in total. The van der Waals surface area contributed by atoms with E-state index in [1.165, 1.54) is 13.0 Å². The van der Waals surface area contributed by atoms with E-state index in [0.717, 1.165) is 31.1 Å². The molecule has 2 fully saturated rings. The molecule has 4 nitrogen and oxygen atoms in total. The van der Waals surface area contributed by atoms with Crippen LogP contribution in [0.2, 0.25) is 0 Å². The molecule has 0 spiro atoms. The summed E-state index contributed by atoms with van der Waals surface area (Å²) in [5.74, 6) is -0.0610. The summed E-state index contributed by atoms with van der Waals surface area (Å²) in [4.78, 5) is 16.1. The molecular weight excluding hydrogens is 240 g/mol. The summed E-state index contributed by atoms with van der Waals surface area (Å²) < 4.78 is 0. The maximum absolute atomic E-state index is 11.2. The second-order valence-electron chi connectivity index (χ2n) is 5.75. The molecule has 1 aromatic rings. The van der Waals surface area contributed by atoms with E-state index in [1.54, 1.807) is 12.1 Å². The van der Waals surface area contributed by atoms with E-state index in [1.807, 2.05) is 12.1 Å². The van der Waals surface area contributed by atoms with Gasteiger partial charge in [-0.3, -0.25) is 4.90 Å². The topological polar surface area (TPSA) is 43.8 Å². The number of nitrogens with zero attached hydrogens (tertiary/aromatic N) is 2. The fourth-order valence-electron chi connectivity index (χ4n) is 3.50. The van der Waals surface area contributed by atoms with E-state index in [-0.39, 0.29) is 0 Å². The predicted molar refractivity (Wildman–Crippen MR) is 73.2 cm³/mol. The molecule has 0 amide bonds. The van der Waals surface area contributed by atoms with Gasteiger partial charge in [-0.15, -0.1) is 0 Å². The van der Waals surface area contributed by atoms with Crippen LogP contribution in [-0.2, 0) is 6.54 Å². The van der Waals surface area contributed by atoms with Crippen LogP contribution in [0, 0.1) is 5.92 Å². The van der Waals surface area contributed by atoms with Crippen molar-refractivity contribution < 1.29 is 9.90 Å². The lowest BCUT2D eigenvalue weighted by molar-refractivity contribution is 0.0694. The number of hydrogen-bond acceptors (Lipinski definition) is 3. The number of likely N-dealkylation sites (tertiary alicyclic amines) is 2. The van der Waals surface area contributed by atoms with Crippen molar-refractivity contribution in [1.82, 2.24) is 9.80 Å². The number of rotatable bonds is 3. The number of aromatic carboxylic acids is 1. The number of carbonyl (C=O) groups is 1. The third kappa shape index (κ3) is 2.38. The van der Waals surface area contributed by atoms with Gasteiger partial charge in [0, 0.05) is 25.7 Å². The van der Waals surface area contributed by atoms with Crippen LogP contribution in [0.1, 0.15) is 22.3 Å². The Hall–Kier alpha value is -1.39. The van der Waals surface area contributed by atoms with Crippen LogP contribution in [0.15, 0.2) is 24.3 Å². The first-order valence-electron chi connectivity index (χ1n) is 6.89. The number of carboxylic acid groups (broad SMARTS) is 1. The molecule has 2 heterocycles. The maximum Gasteiger partial charge on any atom is 0.336 e. The molecular formula is C15H20N2O2. The van der Waals surface area contributed by atoms with Crippen molar-refractivity contribution in [3.05, 3.63) is 35.4 Å². The molecule has 4 heteroatoms. The van der Waals surface area contributed by atoms with Gasteiger partial charge >= 0.3 is 5.97 Å². The van der Waals surface area contributed by atoms with Gasteiger partial charge in [-0.05, 0) is 37.6 Å². The number of fused-ring (bicyclic) bond motifs is 1. The van der Waals surface area contributed by atoms with Crippen LogP contribution < -0.4 is 0 Å². The average molecular weight is 260 g/mol. The second-order valence-corrected chi connectivity index (χ2v) is 5.75. The predicted octanol–water partition coefficient (Wildman–Crippen LogP) is 1.52. The summed E-state index contributed by atoms with van der Waals surface area (Å²) in [6.45, 7) is 4.12. The first kappa shape index (κ1) is 12.6. The molecule has 0 aromatic heterocycles. The lowest BCUT2D eigenvalue weighted by atomic mass is 10.1. The minimum Gasteiger partial charge on any atom is -0.478 e. The van der Waals surface area contributed by atoms with Crippen molar-refractivity contribution in [1.29, 1.82) is 0 Å². The van der Waals surface area contributed by atoms with Crippen molar-refractivity contribution in [2.45, 2.75) is 19.0 Å². The molecule has 1 aromatic carbocycles. The van der Waals surface area contributed by atoms with Gasteiger partial charge in [-0.2, -0.15) is 0 Å². The van der Waals surface area contributed by atoms with Crippen LogP contribution >= 0.6 is 0 Å². The van der Waals surface area contributed by atoms with Crippen molar-refractivity contribution >= 4 is 5.97 Å². The van der Waals surface area contributed by atoms with Gasteiger partial charge in [0.2, 0.25) is 0 Å².